The van der Waals surface area contributed by atoms with Crippen LogP contribution in [0.3, 0.4) is 0 Å². The number of amides is 2. The zero-order valence-electron chi connectivity index (χ0n) is 15.9. The van der Waals surface area contributed by atoms with Crippen molar-refractivity contribution in [2.75, 3.05) is 19.4 Å². The molecule has 0 atom stereocenters. The van der Waals surface area contributed by atoms with Crippen molar-refractivity contribution in [3.8, 4) is 0 Å². The lowest BCUT2D eigenvalue weighted by atomic mass is 10.2. The van der Waals surface area contributed by atoms with Gasteiger partial charge in [-0.2, -0.15) is 0 Å². The lowest BCUT2D eigenvalue weighted by molar-refractivity contribution is -0.116. The minimum Gasteiger partial charge on any atom is -0.339 e. The molecule has 0 saturated carbocycles. The fourth-order valence-corrected chi connectivity index (χ4v) is 3.68. The third kappa shape index (κ3) is 5.24. The fourth-order valence-electron chi connectivity index (χ4n) is 2.57. The number of para-hydroxylation sites is 1. The van der Waals surface area contributed by atoms with Crippen LogP contribution in [0.1, 0.15) is 6.42 Å². The minimum atomic E-state index is -0.253. The van der Waals surface area contributed by atoms with Crippen LogP contribution >= 0.6 is 27.7 Å². The molecule has 1 N–H and O–H groups in total. The number of hydrogen-bond acceptors (Lipinski definition) is 5. The van der Waals surface area contributed by atoms with Gasteiger partial charge in [0.15, 0.2) is 0 Å². The Kier molecular flexibility index (Phi) is 6.71. The molecule has 1 heterocycles. The maximum atomic E-state index is 12.6. The number of hydrogen-bond donors (Lipinski definition) is 1. The van der Waals surface area contributed by atoms with Gasteiger partial charge < -0.3 is 10.2 Å². The molecule has 150 valence electrons. The number of halogens is 1. The summed E-state index contributed by atoms with van der Waals surface area (Å²) in [6.45, 7) is 0.200. The summed E-state index contributed by atoms with van der Waals surface area (Å²) in [4.78, 5) is 43.4. The molecule has 0 radical (unpaired) electrons. The Labute approximate surface area is 180 Å². The molecule has 2 aromatic carbocycles. The number of nitrogens with zero attached hydrogens (tertiary/aromatic N) is 3. The molecule has 29 heavy (non-hydrogen) atoms. The number of anilines is 1. The first kappa shape index (κ1) is 21.1. The summed E-state index contributed by atoms with van der Waals surface area (Å²) >= 11 is 4.40. The van der Waals surface area contributed by atoms with Crippen LogP contribution < -0.4 is 10.9 Å². The molecule has 0 saturated heterocycles. The first-order valence-electron chi connectivity index (χ1n) is 8.78. The van der Waals surface area contributed by atoms with Crippen molar-refractivity contribution < 1.29 is 9.59 Å². The molecule has 0 aliphatic carbocycles. The Balaban J connectivity index is 1.70. The van der Waals surface area contributed by atoms with Crippen molar-refractivity contribution in [3.63, 3.8) is 0 Å². The zero-order chi connectivity index (χ0) is 21.0. The molecule has 9 heteroatoms. The van der Waals surface area contributed by atoms with E-state index in [9.17, 15) is 14.4 Å². The van der Waals surface area contributed by atoms with E-state index in [-0.39, 0.29) is 29.7 Å². The summed E-state index contributed by atoms with van der Waals surface area (Å²) in [7, 11) is 3.34. The van der Waals surface area contributed by atoms with E-state index in [0.717, 1.165) is 16.2 Å². The van der Waals surface area contributed by atoms with E-state index in [1.807, 2.05) is 6.07 Å². The van der Waals surface area contributed by atoms with Gasteiger partial charge in [0.05, 0.1) is 22.9 Å². The molecular formula is C20H19BrN4O3S. The monoisotopic (exact) mass is 474 g/mol. The molecule has 0 unspecified atom stereocenters. The number of carbonyl (C=O) groups is 2. The lowest BCUT2D eigenvalue weighted by Crippen LogP contribution is -2.24. The van der Waals surface area contributed by atoms with Crippen molar-refractivity contribution in [1.29, 1.82) is 0 Å². The van der Waals surface area contributed by atoms with Crippen molar-refractivity contribution >= 4 is 55.4 Å². The number of carbonyl (C=O) groups excluding carboxylic acids is 2. The summed E-state index contributed by atoms with van der Waals surface area (Å²) < 4.78 is 2.21. The maximum absolute atomic E-state index is 12.6. The average Bonchev–Trinajstić information content (AvgIpc) is 2.69. The van der Waals surface area contributed by atoms with E-state index in [2.05, 4.69) is 26.2 Å². The number of rotatable bonds is 5. The van der Waals surface area contributed by atoms with Crippen LogP contribution in [0.4, 0.5) is 10.5 Å². The molecule has 0 bridgehead atoms. The third-order valence-electron chi connectivity index (χ3n) is 4.09. The lowest BCUT2D eigenvalue weighted by Gasteiger charge is -2.13. The van der Waals surface area contributed by atoms with Crippen LogP contribution in [0.2, 0.25) is 0 Å². The van der Waals surface area contributed by atoms with Gasteiger partial charge in [-0.25, -0.2) is 4.98 Å². The van der Waals surface area contributed by atoms with Gasteiger partial charge in [0.2, 0.25) is 5.91 Å². The molecule has 3 rings (SSSR count). The molecule has 0 spiro atoms. The SMILES string of the molecule is CN(C)C(=O)Sc1ccccc1NC(=O)CCn1cnc2ccc(Br)cc2c1=O. The summed E-state index contributed by atoms with van der Waals surface area (Å²) in [5, 5.41) is 3.18. The van der Waals surface area contributed by atoms with E-state index < -0.39 is 0 Å². The van der Waals surface area contributed by atoms with Gasteiger partial charge in [-0.05, 0) is 42.1 Å². The topological polar surface area (TPSA) is 84.3 Å². The van der Waals surface area contributed by atoms with Crippen molar-refractivity contribution in [3.05, 3.63) is 63.6 Å². The van der Waals surface area contributed by atoms with Crippen molar-refractivity contribution in [2.24, 2.45) is 0 Å². The summed E-state index contributed by atoms with van der Waals surface area (Å²) in [6.07, 6.45) is 1.55. The van der Waals surface area contributed by atoms with E-state index in [1.54, 1.807) is 50.5 Å². The highest BCUT2D eigenvalue weighted by atomic mass is 79.9. The molecular weight excluding hydrogens is 456 g/mol. The number of thioether (sulfide) groups is 1. The zero-order valence-corrected chi connectivity index (χ0v) is 18.3. The second kappa shape index (κ2) is 9.23. The highest BCUT2D eigenvalue weighted by Crippen LogP contribution is 2.28. The Bertz CT molecular complexity index is 1130. The molecule has 3 aromatic rings. The standard InChI is InChI=1S/C20H19BrN4O3S/c1-24(2)20(28)29-17-6-4-3-5-16(17)23-18(26)9-10-25-12-22-15-8-7-13(21)11-14(15)19(25)27/h3-8,11-12H,9-10H2,1-2H3,(H,23,26). The summed E-state index contributed by atoms with van der Waals surface area (Å²) in [5.41, 5.74) is 0.970. The molecule has 0 aliphatic rings. The van der Waals surface area contributed by atoms with Crippen LogP contribution in [-0.2, 0) is 11.3 Å². The smallest absolute Gasteiger partial charge is 0.286 e. The van der Waals surface area contributed by atoms with Crippen molar-refractivity contribution in [2.45, 2.75) is 17.9 Å². The van der Waals surface area contributed by atoms with Gasteiger partial charge in [0.25, 0.3) is 10.8 Å². The number of aryl methyl sites for hydroxylation is 1. The predicted molar refractivity (Wildman–Crippen MR) is 118 cm³/mol. The van der Waals surface area contributed by atoms with Gasteiger partial charge >= 0.3 is 0 Å². The predicted octanol–water partition coefficient (Wildman–Crippen LogP) is 3.96. The summed E-state index contributed by atoms with van der Waals surface area (Å²) in [5.74, 6) is -0.253. The molecule has 0 fully saturated rings. The molecule has 7 nitrogen and oxygen atoms in total. The molecule has 2 amide bonds. The van der Waals surface area contributed by atoms with Gasteiger partial charge in [-0.1, -0.05) is 28.1 Å². The number of aromatic nitrogens is 2. The van der Waals surface area contributed by atoms with E-state index in [1.165, 1.54) is 15.8 Å². The normalized spacial score (nSPS) is 10.7. The highest BCUT2D eigenvalue weighted by molar-refractivity contribution is 9.10. The first-order chi connectivity index (χ1) is 13.8. The Morgan fingerprint density at radius 1 is 1.21 bits per heavy atom. The molecule has 0 aliphatic heterocycles. The second-order valence-corrected chi connectivity index (χ2v) is 8.37. The molecule has 1 aromatic heterocycles. The largest absolute Gasteiger partial charge is 0.339 e. The highest BCUT2D eigenvalue weighted by Gasteiger charge is 2.13. The van der Waals surface area contributed by atoms with Gasteiger partial charge in [-0.3, -0.25) is 19.0 Å². The number of fused-ring (bicyclic) bond motifs is 1. The van der Waals surface area contributed by atoms with Gasteiger partial charge in [-0.15, -0.1) is 0 Å². The summed E-state index contributed by atoms with van der Waals surface area (Å²) in [6, 6.07) is 12.4. The van der Waals surface area contributed by atoms with E-state index >= 15 is 0 Å². The first-order valence-corrected chi connectivity index (χ1v) is 10.4. The second-order valence-electron chi connectivity index (χ2n) is 6.46. The maximum Gasteiger partial charge on any atom is 0.286 e. The van der Waals surface area contributed by atoms with Gasteiger partial charge in [0, 0.05) is 36.4 Å². The quantitative estimate of drug-likeness (QED) is 0.565. The average molecular weight is 475 g/mol. The van der Waals surface area contributed by atoms with Crippen LogP contribution in [0.15, 0.2) is 63.0 Å². The fraction of sp³-hybridized carbons (Fsp3) is 0.200. The van der Waals surface area contributed by atoms with Crippen LogP contribution in [0.5, 0.6) is 0 Å². The number of benzene rings is 2. The third-order valence-corrected chi connectivity index (χ3v) is 5.70. The Morgan fingerprint density at radius 2 is 1.97 bits per heavy atom. The van der Waals surface area contributed by atoms with Crippen LogP contribution in [0.25, 0.3) is 10.9 Å². The van der Waals surface area contributed by atoms with Gasteiger partial charge in [0.1, 0.15) is 0 Å². The van der Waals surface area contributed by atoms with Crippen LogP contribution in [-0.4, -0.2) is 39.7 Å². The van der Waals surface area contributed by atoms with Crippen LogP contribution in [0, 0.1) is 0 Å². The van der Waals surface area contributed by atoms with Crippen molar-refractivity contribution in [1.82, 2.24) is 14.5 Å². The minimum absolute atomic E-state index is 0.0989. The van der Waals surface area contributed by atoms with E-state index in [4.69, 9.17) is 0 Å². The Morgan fingerprint density at radius 3 is 2.72 bits per heavy atom. The Hall–Kier alpha value is -2.65. The van der Waals surface area contributed by atoms with E-state index in [0.29, 0.717) is 21.5 Å². The number of nitrogens with one attached hydrogen (secondary N) is 1.